The van der Waals surface area contributed by atoms with Crippen LogP contribution in [0.4, 0.5) is 10.5 Å². The highest BCUT2D eigenvalue weighted by Gasteiger charge is 2.05. The second kappa shape index (κ2) is 12.0. The van der Waals surface area contributed by atoms with Crippen LogP contribution in [0.15, 0.2) is 48.5 Å². The van der Waals surface area contributed by atoms with Crippen LogP contribution < -0.4 is 5.73 Å². The van der Waals surface area contributed by atoms with Crippen molar-refractivity contribution in [3.8, 4) is 11.1 Å². The first-order valence-electron chi connectivity index (χ1n) is 9.96. The van der Waals surface area contributed by atoms with Gasteiger partial charge in [-0.2, -0.15) is 0 Å². The van der Waals surface area contributed by atoms with Crippen LogP contribution in [0, 0.1) is 0 Å². The molecular formula is C23H31NO3. The molecule has 0 radical (unpaired) electrons. The zero-order valence-corrected chi connectivity index (χ0v) is 16.0. The molecular weight excluding hydrogens is 338 g/mol. The Labute approximate surface area is 162 Å². The zero-order chi connectivity index (χ0) is 19.3. The molecule has 0 aliphatic heterocycles. The number of rotatable bonds is 12. The van der Waals surface area contributed by atoms with E-state index in [-0.39, 0.29) is 0 Å². The highest BCUT2D eigenvalue weighted by Crippen LogP contribution is 2.27. The molecule has 4 heteroatoms. The van der Waals surface area contributed by atoms with E-state index in [4.69, 9.17) is 10.8 Å². The van der Waals surface area contributed by atoms with Crippen LogP contribution in [0.1, 0.15) is 56.9 Å². The predicted molar refractivity (Wildman–Crippen MR) is 111 cm³/mol. The number of anilines is 1. The maximum atomic E-state index is 10.2. The second-order valence-corrected chi connectivity index (χ2v) is 6.98. The fourth-order valence-electron chi connectivity index (χ4n) is 3.34. The van der Waals surface area contributed by atoms with Gasteiger partial charge in [0.1, 0.15) is 0 Å². The van der Waals surface area contributed by atoms with Crippen LogP contribution in [0.5, 0.6) is 0 Å². The minimum Gasteiger partial charge on any atom is -0.450 e. The maximum absolute atomic E-state index is 10.2. The molecule has 0 aliphatic carbocycles. The number of ether oxygens (including phenoxy) is 1. The molecule has 0 amide bonds. The van der Waals surface area contributed by atoms with Gasteiger partial charge in [0.15, 0.2) is 0 Å². The molecule has 2 aromatic carbocycles. The Balaban J connectivity index is 1.63. The molecule has 0 saturated heterocycles. The second-order valence-electron chi connectivity index (χ2n) is 6.98. The number of carboxylic acid groups (broad SMARTS) is 1. The molecule has 0 fully saturated rings. The third-order valence-electron chi connectivity index (χ3n) is 4.78. The van der Waals surface area contributed by atoms with E-state index in [1.165, 1.54) is 48.8 Å². The molecule has 2 aromatic rings. The van der Waals surface area contributed by atoms with Crippen molar-refractivity contribution in [1.82, 2.24) is 0 Å². The lowest BCUT2D eigenvalue weighted by Crippen LogP contribution is -2.01. The molecule has 2 rings (SSSR count). The van der Waals surface area contributed by atoms with Gasteiger partial charge in [0.25, 0.3) is 0 Å². The summed E-state index contributed by atoms with van der Waals surface area (Å²) < 4.78 is 4.50. The summed E-state index contributed by atoms with van der Waals surface area (Å²) in [5.74, 6) is 0. The fourth-order valence-corrected chi connectivity index (χ4v) is 3.34. The van der Waals surface area contributed by atoms with Gasteiger partial charge in [-0.1, -0.05) is 74.9 Å². The summed E-state index contributed by atoms with van der Waals surface area (Å²) in [5.41, 5.74) is 10.7. The number of nitrogens with two attached hydrogens (primary N) is 1. The molecule has 4 nitrogen and oxygen atoms in total. The lowest BCUT2D eigenvalue weighted by molar-refractivity contribution is 0.0899. The van der Waals surface area contributed by atoms with Crippen LogP contribution in [0.2, 0.25) is 0 Å². The third kappa shape index (κ3) is 8.16. The van der Waals surface area contributed by atoms with Crippen LogP contribution in [-0.4, -0.2) is 17.9 Å². The van der Waals surface area contributed by atoms with Crippen LogP contribution in [0.25, 0.3) is 11.1 Å². The molecule has 0 atom stereocenters. The molecule has 0 bridgehead atoms. The number of unbranched alkanes of at least 4 members (excludes halogenated alkanes) is 7. The van der Waals surface area contributed by atoms with Crippen molar-refractivity contribution in [2.24, 2.45) is 0 Å². The Hall–Kier alpha value is -2.49. The van der Waals surface area contributed by atoms with E-state index in [9.17, 15) is 4.79 Å². The topological polar surface area (TPSA) is 72.5 Å². The van der Waals surface area contributed by atoms with E-state index in [0.717, 1.165) is 31.4 Å². The molecule has 0 saturated carbocycles. The summed E-state index contributed by atoms with van der Waals surface area (Å²) in [6.07, 6.45) is 9.06. The average Bonchev–Trinajstić information content (AvgIpc) is 2.67. The predicted octanol–water partition coefficient (Wildman–Crippen LogP) is 6.29. The lowest BCUT2D eigenvalue weighted by Gasteiger charge is -2.11. The Morgan fingerprint density at radius 1 is 0.852 bits per heavy atom. The van der Waals surface area contributed by atoms with Crippen LogP contribution >= 0.6 is 0 Å². The van der Waals surface area contributed by atoms with Crippen molar-refractivity contribution in [3.63, 3.8) is 0 Å². The standard InChI is InChI=1S/C23H31NO3/c24-21-16-15-20(22(18-21)19-12-9-7-10-13-19)14-8-5-3-1-2-4-6-11-17-27-23(25)26/h7,9-10,12-13,15-16,18H,1-6,8,11,14,17,24H2,(H,25,26). The minimum absolute atomic E-state index is 0.320. The van der Waals surface area contributed by atoms with Gasteiger partial charge < -0.3 is 15.6 Å². The highest BCUT2D eigenvalue weighted by atomic mass is 16.7. The summed E-state index contributed by atoms with van der Waals surface area (Å²) in [4.78, 5) is 10.2. The van der Waals surface area contributed by atoms with Gasteiger partial charge in [-0.05, 0) is 48.1 Å². The van der Waals surface area contributed by atoms with Gasteiger partial charge in [0.05, 0.1) is 6.61 Å². The quantitative estimate of drug-likeness (QED) is 0.262. The van der Waals surface area contributed by atoms with Gasteiger partial charge >= 0.3 is 6.16 Å². The van der Waals surface area contributed by atoms with E-state index in [1.807, 2.05) is 12.1 Å². The van der Waals surface area contributed by atoms with Gasteiger partial charge in [0.2, 0.25) is 0 Å². The van der Waals surface area contributed by atoms with Gasteiger partial charge in [-0.15, -0.1) is 0 Å². The van der Waals surface area contributed by atoms with Crippen LogP contribution in [-0.2, 0) is 11.2 Å². The van der Waals surface area contributed by atoms with E-state index in [0.29, 0.717) is 6.61 Å². The largest absolute Gasteiger partial charge is 0.505 e. The van der Waals surface area contributed by atoms with Crippen molar-refractivity contribution in [2.45, 2.75) is 57.8 Å². The fraction of sp³-hybridized carbons (Fsp3) is 0.435. The molecule has 0 aromatic heterocycles. The smallest absolute Gasteiger partial charge is 0.450 e. The number of nitrogen functional groups attached to an aromatic ring is 1. The third-order valence-corrected chi connectivity index (χ3v) is 4.78. The molecule has 0 heterocycles. The summed E-state index contributed by atoms with van der Waals surface area (Å²) in [7, 11) is 0. The monoisotopic (exact) mass is 369 g/mol. The molecule has 0 spiro atoms. The maximum Gasteiger partial charge on any atom is 0.505 e. The average molecular weight is 370 g/mol. The number of aryl methyl sites for hydroxylation is 1. The lowest BCUT2D eigenvalue weighted by atomic mass is 9.95. The van der Waals surface area contributed by atoms with Crippen molar-refractivity contribution in [2.75, 3.05) is 12.3 Å². The van der Waals surface area contributed by atoms with Crippen LogP contribution in [0.3, 0.4) is 0 Å². The van der Waals surface area contributed by atoms with Crippen molar-refractivity contribution in [1.29, 1.82) is 0 Å². The summed E-state index contributed by atoms with van der Waals surface area (Å²) >= 11 is 0. The van der Waals surface area contributed by atoms with Crippen molar-refractivity contribution < 1.29 is 14.6 Å². The minimum atomic E-state index is -1.17. The first kappa shape index (κ1) is 20.8. The van der Waals surface area contributed by atoms with Crippen molar-refractivity contribution >= 4 is 11.8 Å². The number of benzene rings is 2. The zero-order valence-electron chi connectivity index (χ0n) is 16.0. The molecule has 3 N–H and O–H groups in total. The van der Waals surface area contributed by atoms with Gasteiger partial charge in [0, 0.05) is 5.69 Å². The Kier molecular flexibility index (Phi) is 9.25. The Morgan fingerprint density at radius 3 is 2.15 bits per heavy atom. The molecule has 146 valence electrons. The normalized spacial score (nSPS) is 10.7. The van der Waals surface area contributed by atoms with E-state index >= 15 is 0 Å². The molecule has 0 aliphatic rings. The first-order chi connectivity index (χ1) is 13.2. The number of hydrogen-bond acceptors (Lipinski definition) is 3. The molecule has 27 heavy (non-hydrogen) atoms. The van der Waals surface area contributed by atoms with Gasteiger partial charge in [-0.25, -0.2) is 4.79 Å². The summed E-state index contributed by atoms with van der Waals surface area (Å²) in [5, 5.41) is 8.39. The highest BCUT2D eigenvalue weighted by molar-refractivity contribution is 5.71. The van der Waals surface area contributed by atoms with E-state index in [2.05, 4.69) is 41.1 Å². The summed E-state index contributed by atoms with van der Waals surface area (Å²) in [6.45, 7) is 0.320. The van der Waals surface area contributed by atoms with Crippen molar-refractivity contribution in [3.05, 3.63) is 54.1 Å². The number of carbonyl (C=O) groups is 1. The van der Waals surface area contributed by atoms with E-state index in [1.54, 1.807) is 0 Å². The SMILES string of the molecule is Nc1ccc(CCCCCCCCCCOC(=O)O)c(-c2ccccc2)c1. The molecule has 0 unspecified atom stereocenters. The van der Waals surface area contributed by atoms with E-state index < -0.39 is 6.16 Å². The Morgan fingerprint density at radius 2 is 1.48 bits per heavy atom. The summed E-state index contributed by atoms with van der Waals surface area (Å²) in [6, 6.07) is 16.7. The number of hydrogen-bond donors (Lipinski definition) is 2. The Bertz CT molecular complexity index is 685. The van der Waals surface area contributed by atoms with Gasteiger partial charge in [-0.3, -0.25) is 0 Å². The first-order valence-corrected chi connectivity index (χ1v) is 9.96.